The van der Waals surface area contributed by atoms with Crippen LogP contribution in [0.2, 0.25) is 0 Å². The summed E-state index contributed by atoms with van der Waals surface area (Å²) in [6.07, 6.45) is -0.00663. The zero-order valence-electron chi connectivity index (χ0n) is 29.8. The van der Waals surface area contributed by atoms with Crippen LogP contribution in [0.15, 0.2) is 125 Å². The fraction of sp³-hybridized carbons (Fsp3) is 0.238. The zero-order valence-corrected chi connectivity index (χ0v) is 31.4. The van der Waals surface area contributed by atoms with Gasteiger partial charge in [-0.15, -0.1) is 0 Å². The molecule has 5 aromatic carbocycles. The number of nitrogens with zero attached hydrogens (tertiary/aromatic N) is 1. The fourth-order valence-electron chi connectivity index (χ4n) is 6.25. The van der Waals surface area contributed by atoms with E-state index < -0.39 is 11.6 Å². The molecule has 0 saturated heterocycles. The number of rotatable bonds is 16. The Morgan fingerprint density at radius 3 is 2.08 bits per heavy atom. The Bertz CT molecular complexity index is 1980. The smallest absolute Gasteiger partial charge is 0.266 e. The number of hydrogen-bond donors (Lipinski definition) is 3. The summed E-state index contributed by atoms with van der Waals surface area (Å²) in [6.45, 7) is 0.701. The molecule has 274 valence electrons. The van der Waals surface area contributed by atoms with Gasteiger partial charge in [-0.3, -0.25) is 10.2 Å². The lowest BCUT2D eigenvalue weighted by molar-refractivity contribution is -0.130. The zero-order chi connectivity index (χ0) is 37.2. The van der Waals surface area contributed by atoms with Crippen LogP contribution in [0.5, 0.6) is 23.0 Å². The predicted molar refractivity (Wildman–Crippen MR) is 208 cm³/mol. The van der Waals surface area contributed by atoms with Gasteiger partial charge in [0, 0.05) is 36.0 Å². The van der Waals surface area contributed by atoms with Crippen molar-refractivity contribution >= 4 is 27.7 Å². The lowest BCUT2D eigenvalue weighted by Crippen LogP contribution is -2.53. The fourth-order valence-corrected chi connectivity index (χ4v) is 6.51. The Kier molecular flexibility index (Phi) is 12.3. The summed E-state index contributed by atoms with van der Waals surface area (Å²) >= 11 is 3.54. The van der Waals surface area contributed by atoms with Crippen LogP contribution >= 0.6 is 15.9 Å². The van der Waals surface area contributed by atoms with Crippen molar-refractivity contribution < 1.29 is 33.6 Å². The summed E-state index contributed by atoms with van der Waals surface area (Å²) in [5.41, 5.74) is 9.96. The summed E-state index contributed by atoms with van der Waals surface area (Å²) < 4.78 is 29.9. The second kappa shape index (κ2) is 17.4. The van der Waals surface area contributed by atoms with E-state index in [1.165, 1.54) is 0 Å². The Hall–Kier alpha value is -5.36. The number of halogens is 1. The number of benzene rings is 5. The molecule has 53 heavy (non-hydrogen) atoms. The first-order valence-corrected chi connectivity index (χ1v) is 18.0. The quantitative estimate of drug-likeness (QED) is 0.0710. The molecule has 0 aliphatic carbocycles. The highest BCUT2D eigenvalue weighted by Gasteiger charge is 2.53. The van der Waals surface area contributed by atoms with Crippen LogP contribution < -0.4 is 29.8 Å². The van der Waals surface area contributed by atoms with E-state index in [0.29, 0.717) is 47.5 Å². The van der Waals surface area contributed by atoms with Gasteiger partial charge in [0.1, 0.15) is 5.75 Å². The third-order valence-electron chi connectivity index (χ3n) is 8.96. The van der Waals surface area contributed by atoms with E-state index in [1.54, 1.807) is 21.3 Å². The predicted octanol–water partition coefficient (Wildman–Crippen LogP) is 7.22. The number of nitrogens with one attached hydrogen (secondary N) is 2. The number of ether oxygens (including phenoxy) is 5. The number of hydrazine groups is 1. The summed E-state index contributed by atoms with van der Waals surface area (Å²) in [4.78, 5) is 19.9. The molecular formula is C42H42BrN3O7. The molecule has 3 N–H and O–H groups in total. The lowest BCUT2D eigenvalue weighted by atomic mass is 9.82. The molecule has 2 atom stereocenters. The van der Waals surface area contributed by atoms with Crippen molar-refractivity contribution in [2.45, 2.75) is 31.0 Å². The maximum Gasteiger partial charge on any atom is 0.266 e. The van der Waals surface area contributed by atoms with Crippen LogP contribution in [0.1, 0.15) is 34.8 Å². The number of aliphatic imine (C=N–C) groups is 1. The molecule has 6 rings (SSSR count). The molecule has 0 spiro atoms. The van der Waals surface area contributed by atoms with Crippen LogP contribution in [0.25, 0.3) is 11.1 Å². The molecule has 5 aromatic rings. The van der Waals surface area contributed by atoms with Gasteiger partial charge >= 0.3 is 0 Å². The van der Waals surface area contributed by atoms with Crippen molar-refractivity contribution in [1.82, 2.24) is 10.9 Å². The van der Waals surface area contributed by atoms with E-state index in [1.807, 2.05) is 103 Å². The first kappa shape index (κ1) is 37.4. The van der Waals surface area contributed by atoms with E-state index in [4.69, 9.17) is 33.8 Å². The van der Waals surface area contributed by atoms with Crippen molar-refractivity contribution in [2.24, 2.45) is 4.99 Å². The maximum atomic E-state index is 14.7. The summed E-state index contributed by atoms with van der Waals surface area (Å²) in [7, 11) is 4.67. The van der Waals surface area contributed by atoms with E-state index in [9.17, 15) is 4.79 Å². The Labute approximate surface area is 317 Å². The van der Waals surface area contributed by atoms with Gasteiger partial charge in [0.05, 0.1) is 27.9 Å². The molecule has 0 saturated carbocycles. The minimum Gasteiger partial charge on any atom is -0.494 e. The molecule has 1 aliphatic rings. The van der Waals surface area contributed by atoms with Crippen LogP contribution in [0.3, 0.4) is 0 Å². The molecule has 0 unspecified atom stereocenters. The average molecular weight is 781 g/mol. The number of aliphatic hydroxyl groups is 1. The largest absolute Gasteiger partial charge is 0.494 e. The summed E-state index contributed by atoms with van der Waals surface area (Å²) in [5, 5.41) is 9.14. The van der Waals surface area contributed by atoms with Gasteiger partial charge in [0.2, 0.25) is 11.6 Å². The number of carbonyl (C=O) groups excluding carboxylic acids is 1. The second-order valence-corrected chi connectivity index (χ2v) is 13.3. The molecule has 0 aromatic heterocycles. The summed E-state index contributed by atoms with van der Waals surface area (Å²) in [6, 6.07) is 37.1. The number of aliphatic hydroxyl groups excluding tert-OH is 1. The minimum atomic E-state index is -1.42. The first-order chi connectivity index (χ1) is 25.9. The van der Waals surface area contributed by atoms with E-state index in [2.05, 4.69) is 38.9 Å². The van der Waals surface area contributed by atoms with Gasteiger partial charge in [-0.25, -0.2) is 10.4 Å². The molecule has 11 heteroatoms. The normalized spacial score (nSPS) is 16.3. The van der Waals surface area contributed by atoms with Crippen molar-refractivity contribution in [1.29, 1.82) is 0 Å². The van der Waals surface area contributed by atoms with E-state index >= 15 is 0 Å². The van der Waals surface area contributed by atoms with E-state index in [-0.39, 0.29) is 25.5 Å². The number of amides is 1. The number of carbonyl (C=O) groups is 1. The molecule has 1 heterocycles. The monoisotopic (exact) mass is 779 g/mol. The molecule has 10 nitrogen and oxygen atoms in total. The highest BCUT2D eigenvalue weighted by atomic mass is 79.9. The first-order valence-electron chi connectivity index (χ1n) is 17.2. The van der Waals surface area contributed by atoms with Crippen LogP contribution in [0, 0.1) is 0 Å². The molecular weight excluding hydrogens is 738 g/mol. The van der Waals surface area contributed by atoms with Crippen LogP contribution in [0.4, 0.5) is 0 Å². The van der Waals surface area contributed by atoms with Crippen molar-refractivity contribution in [2.75, 3.05) is 34.5 Å². The lowest BCUT2D eigenvalue weighted by Gasteiger charge is -2.31. The second-order valence-electron chi connectivity index (χ2n) is 12.4. The standard InChI is InChI=1S/C42H42BrN3O7/c1-49-36-24-29(25-37(50-2)38(36)51-3)27-44-46-41(48)42(26-28-10-18-34(43)19-11-28)39(32-14-12-31(13-15-32)30-8-5-4-6-9-30)53-40(45-42)33-16-20-35(21-17-33)52-23-7-22-47/h4-6,8-21,24-25,39,44,47H,7,22-23,26-27H2,1-3H3,(H,46,48)/t39-,42-/m0/s1. The van der Waals surface area contributed by atoms with Gasteiger partial charge < -0.3 is 28.8 Å². The average Bonchev–Trinajstić information content (AvgIpc) is 3.59. The minimum absolute atomic E-state index is 0.0519. The van der Waals surface area contributed by atoms with Crippen molar-refractivity contribution in [3.05, 3.63) is 142 Å². The molecule has 0 fully saturated rings. The summed E-state index contributed by atoms with van der Waals surface area (Å²) in [5.74, 6) is 2.11. The van der Waals surface area contributed by atoms with Gasteiger partial charge in [0.25, 0.3) is 5.91 Å². The SMILES string of the molecule is COc1cc(CNNC(=O)[C@@]2(Cc3ccc(Br)cc3)N=C(c3ccc(OCCCO)cc3)O[C@H]2c2ccc(-c3ccccc3)cc2)cc(OC)c1OC. The van der Waals surface area contributed by atoms with Gasteiger partial charge in [0.15, 0.2) is 23.1 Å². The molecule has 1 amide bonds. The van der Waals surface area contributed by atoms with Gasteiger partial charge in [-0.05, 0) is 76.3 Å². The van der Waals surface area contributed by atoms with Crippen LogP contribution in [-0.4, -0.2) is 57.0 Å². The third kappa shape index (κ3) is 8.65. The molecule has 0 radical (unpaired) electrons. The molecule has 1 aliphatic heterocycles. The third-order valence-corrected chi connectivity index (χ3v) is 9.48. The van der Waals surface area contributed by atoms with Crippen LogP contribution in [-0.2, 0) is 22.5 Å². The Morgan fingerprint density at radius 2 is 1.45 bits per heavy atom. The van der Waals surface area contributed by atoms with E-state index in [0.717, 1.165) is 32.3 Å². The highest BCUT2D eigenvalue weighted by Crippen LogP contribution is 2.43. The van der Waals surface area contributed by atoms with Crippen molar-refractivity contribution in [3.63, 3.8) is 0 Å². The van der Waals surface area contributed by atoms with Gasteiger partial charge in [-0.1, -0.05) is 82.7 Å². The topological polar surface area (TPSA) is 120 Å². The Morgan fingerprint density at radius 1 is 0.811 bits per heavy atom. The Balaban J connectivity index is 1.37. The number of hydrogen-bond acceptors (Lipinski definition) is 9. The maximum absolute atomic E-state index is 14.7. The van der Waals surface area contributed by atoms with Crippen molar-refractivity contribution in [3.8, 4) is 34.1 Å². The van der Waals surface area contributed by atoms with Gasteiger partial charge in [-0.2, -0.15) is 0 Å². The molecule has 0 bridgehead atoms. The highest BCUT2D eigenvalue weighted by molar-refractivity contribution is 9.10. The number of methoxy groups -OCH3 is 3.